The molecule has 2 aliphatic heterocycles. The van der Waals surface area contributed by atoms with E-state index in [-0.39, 0.29) is 24.7 Å². The van der Waals surface area contributed by atoms with Gasteiger partial charge in [0, 0.05) is 25.1 Å². The van der Waals surface area contributed by atoms with Crippen LogP contribution in [0.4, 0.5) is 0 Å². The van der Waals surface area contributed by atoms with Crippen LogP contribution in [0.5, 0.6) is 17.2 Å². The highest BCUT2D eigenvalue weighted by Gasteiger charge is 2.44. The Morgan fingerprint density at radius 1 is 1.07 bits per heavy atom. The number of aliphatic hydroxyl groups is 1. The summed E-state index contributed by atoms with van der Waals surface area (Å²) in [6, 6.07) is 5.50. The molecule has 6 heteroatoms. The van der Waals surface area contributed by atoms with Crippen molar-refractivity contribution < 1.29 is 24.1 Å². The van der Waals surface area contributed by atoms with Gasteiger partial charge in [-0.2, -0.15) is 0 Å². The molecule has 0 unspecified atom stereocenters. The second-order valence-electron chi connectivity index (χ2n) is 8.11. The molecular weight excluding hydrogens is 346 g/mol. The molecule has 2 fully saturated rings. The highest BCUT2D eigenvalue weighted by atomic mass is 16.7. The van der Waals surface area contributed by atoms with Gasteiger partial charge in [0.1, 0.15) is 11.9 Å². The SMILES string of the molecule is O=C(C1CC=CC1)N1C[C@H]2C[C@@H](Oc3ccc4c(c3)OCO4)[C@H](O)C[C@H]2C1. The summed E-state index contributed by atoms with van der Waals surface area (Å²) >= 11 is 0. The zero-order chi connectivity index (χ0) is 18.4. The number of hydrogen-bond donors (Lipinski definition) is 1. The summed E-state index contributed by atoms with van der Waals surface area (Å²) in [4.78, 5) is 14.7. The predicted molar refractivity (Wildman–Crippen MR) is 97.6 cm³/mol. The number of nitrogens with zero attached hydrogens (tertiary/aromatic N) is 1. The number of carbonyl (C=O) groups excluding carboxylic acids is 1. The molecule has 2 heterocycles. The van der Waals surface area contributed by atoms with Crippen molar-refractivity contribution >= 4 is 5.91 Å². The smallest absolute Gasteiger partial charge is 0.231 e. The Kier molecular flexibility index (Phi) is 4.23. The van der Waals surface area contributed by atoms with Gasteiger partial charge in [-0.1, -0.05) is 12.2 Å². The van der Waals surface area contributed by atoms with Crippen molar-refractivity contribution in [2.75, 3.05) is 19.9 Å². The number of likely N-dealkylation sites (tertiary alicyclic amines) is 1. The van der Waals surface area contributed by atoms with Crippen LogP contribution in [0.1, 0.15) is 25.7 Å². The number of carbonyl (C=O) groups is 1. The Balaban J connectivity index is 1.23. The van der Waals surface area contributed by atoms with Crippen LogP contribution in [-0.4, -0.2) is 48.0 Å². The Labute approximate surface area is 158 Å². The molecule has 0 spiro atoms. The van der Waals surface area contributed by atoms with Gasteiger partial charge in [-0.25, -0.2) is 0 Å². The lowest BCUT2D eigenvalue weighted by atomic mass is 9.78. The van der Waals surface area contributed by atoms with Crippen molar-refractivity contribution in [3.05, 3.63) is 30.4 Å². The van der Waals surface area contributed by atoms with E-state index in [1.165, 1.54) is 0 Å². The summed E-state index contributed by atoms with van der Waals surface area (Å²) in [7, 11) is 0. The van der Waals surface area contributed by atoms with E-state index in [0.717, 1.165) is 38.1 Å². The van der Waals surface area contributed by atoms with Gasteiger partial charge in [-0.3, -0.25) is 4.79 Å². The fourth-order valence-corrected chi connectivity index (χ4v) is 4.90. The maximum atomic E-state index is 12.7. The molecule has 0 radical (unpaired) electrons. The predicted octanol–water partition coefficient (Wildman–Crippen LogP) is 2.36. The molecule has 1 aromatic rings. The zero-order valence-corrected chi connectivity index (χ0v) is 15.3. The number of allylic oxidation sites excluding steroid dienone is 2. The molecule has 1 saturated carbocycles. The van der Waals surface area contributed by atoms with Gasteiger partial charge in [0.25, 0.3) is 0 Å². The van der Waals surface area contributed by atoms with Gasteiger partial charge in [0.2, 0.25) is 12.7 Å². The van der Waals surface area contributed by atoms with E-state index in [1.54, 1.807) is 0 Å². The first-order chi connectivity index (χ1) is 13.2. The number of ether oxygens (including phenoxy) is 3. The minimum atomic E-state index is -0.514. The van der Waals surface area contributed by atoms with E-state index < -0.39 is 6.10 Å². The lowest BCUT2D eigenvalue weighted by Gasteiger charge is -2.35. The molecule has 1 saturated heterocycles. The summed E-state index contributed by atoms with van der Waals surface area (Å²) in [5, 5.41) is 10.6. The van der Waals surface area contributed by atoms with E-state index >= 15 is 0 Å². The van der Waals surface area contributed by atoms with Crippen LogP contribution in [0.25, 0.3) is 0 Å². The van der Waals surface area contributed by atoms with E-state index in [1.807, 2.05) is 23.1 Å². The van der Waals surface area contributed by atoms with Crippen molar-refractivity contribution in [3.63, 3.8) is 0 Å². The molecule has 144 valence electrons. The van der Waals surface area contributed by atoms with Gasteiger partial charge in [0.15, 0.2) is 11.5 Å². The van der Waals surface area contributed by atoms with Crippen LogP contribution < -0.4 is 14.2 Å². The molecular formula is C21H25NO5. The number of benzene rings is 1. The molecule has 27 heavy (non-hydrogen) atoms. The highest BCUT2D eigenvalue weighted by molar-refractivity contribution is 5.80. The molecule has 0 aromatic heterocycles. The maximum Gasteiger partial charge on any atom is 0.231 e. The highest BCUT2D eigenvalue weighted by Crippen LogP contribution is 2.40. The van der Waals surface area contributed by atoms with Crippen molar-refractivity contribution in [1.82, 2.24) is 4.90 Å². The monoisotopic (exact) mass is 371 g/mol. The van der Waals surface area contributed by atoms with Crippen molar-refractivity contribution in [2.24, 2.45) is 17.8 Å². The minimum Gasteiger partial charge on any atom is -0.488 e. The maximum absolute atomic E-state index is 12.7. The average molecular weight is 371 g/mol. The minimum absolute atomic E-state index is 0.121. The van der Waals surface area contributed by atoms with Gasteiger partial charge in [0.05, 0.1) is 6.10 Å². The standard InChI is InChI=1S/C21H25NO5/c23-17-7-14-10-22(21(24)13-3-1-2-4-13)11-15(14)8-19(17)27-16-5-6-18-20(9-16)26-12-25-18/h1-2,5-6,9,13-15,17,19,23H,3-4,7-8,10-12H2/t14-,15+,17+,19+/m0/s1. The first-order valence-corrected chi connectivity index (χ1v) is 9.85. The Bertz CT molecular complexity index is 755. The van der Waals surface area contributed by atoms with Gasteiger partial charge < -0.3 is 24.2 Å². The molecule has 4 atom stereocenters. The van der Waals surface area contributed by atoms with Crippen molar-refractivity contribution in [1.29, 1.82) is 0 Å². The Morgan fingerprint density at radius 3 is 2.63 bits per heavy atom. The number of hydrogen-bond acceptors (Lipinski definition) is 5. The molecule has 1 N–H and O–H groups in total. The largest absolute Gasteiger partial charge is 0.488 e. The molecule has 1 amide bonds. The summed E-state index contributed by atoms with van der Waals surface area (Å²) in [5.74, 6) is 3.25. The van der Waals surface area contributed by atoms with E-state index in [9.17, 15) is 9.90 Å². The summed E-state index contributed by atoms with van der Waals surface area (Å²) in [6.07, 6.45) is 6.62. The quantitative estimate of drug-likeness (QED) is 0.826. The van der Waals surface area contributed by atoms with Crippen LogP contribution in [0.15, 0.2) is 30.4 Å². The van der Waals surface area contributed by atoms with Crippen LogP contribution in [-0.2, 0) is 4.79 Å². The first kappa shape index (κ1) is 16.9. The van der Waals surface area contributed by atoms with Crippen LogP contribution in [0.3, 0.4) is 0 Å². The Hall–Kier alpha value is -2.21. The number of fused-ring (bicyclic) bond motifs is 2. The third-order valence-electron chi connectivity index (χ3n) is 6.39. The lowest BCUT2D eigenvalue weighted by molar-refractivity contribution is -0.134. The van der Waals surface area contributed by atoms with Gasteiger partial charge >= 0.3 is 0 Å². The Morgan fingerprint density at radius 2 is 1.81 bits per heavy atom. The average Bonchev–Trinajstić information content (AvgIpc) is 3.41. The molecule has 4 aliphatic rings. The fourth-order valence-electron chi connectivity index (χ4n) is 4.90. The molecule has 2 aliphatic carbocycles. The fraction of sp³-hybridized carbons (Fsp3) is 0.571. The van der Waals surface area contributed by atoms with E-state index in [4.69, 9.17) is 14.2 Å². The molecule has 0 bridgehead atoms. The summed E-state index contributed by atoms with van der Waals surface area (Å²) in [6.45, 7) is 1.79. The van der Waals surface area contributed by atoms with Gasteiger partial charge in [-0.05, 0) is 49.7 Å². The van der Waals surface area contributed by atoms with Crippen LogP contribution in [0, 0.1) is 17.8 Å². The second-order valence-corrected chi connectivity index (χ2v) is 8.11. The van der Waals surface area contributed by atoms with E-state index in [2.05, 4.69) is 12.2 Å². The van der Waals surface area contributed by atoms with Crippen molar-refractivity contribution in [2.45, 2.75) is 37.9 Å². The number of amides is 1. The van der Waals surface area contributed by atoms with Crippen molar-refractivity contribution in [3.8, 4) is 17.2 Å². The normalized spacial score (nSPS) is 32.0. The number of aliphatic hydroxyl groups excluding tert-OH is 1. The van der Waals surface area contributed by atoms with Gasteiger partial charge in [-0.15, -0.1) is 0 Å². The third kappa shape index (κ3) is 3.16. The van der Waals surface area contributed by atoms with Crippen LogP contribution in [0.2, 0.25) is 0 Å². The molecule has 1 aromatic carbocycles. The number of rotatable bonds is 3. The lowest BCUT2D eigenvalue weighted by Crippen LogP contribution is -2.42. The molecule has 6 nitrogen and oxygen atoms in total. The zero-order valence-electron chi connectivity index (χ0n) is 15.3. The topological polar surface area (TPSA) is 68.2 Å². The molecule has 5 rings (SSSR count). The second kappa shape index (κ2) is 6.75. The summed E-state index contributed by atoms with van der Waals surface area (Å²) in [5.41, 5.74) is 0. The first-order valence-electron chi connectivity index (χ1n) is 9.85. The van der Waals surface area contributed by atoms with E-state index in [0.29, 0.717) is 29.8 Å². The summed E-state index contributed by atoms with van der Waals surface area (Å²) < 4.78 is 16.8. The third-order valence-corrected chi connectivity index (χ3v) is 6.39. The van der Waals surface area contributed by atoms with Crippen LogP contribution >= 0.6 is 0 Å².